The molecule has 1 aliphatic rings. The summed E-state index contributed by atoms with van der Waals surface area (Å²) in [5, 5.41) is 4.16. The second kappa shape index (κ2) is 9.60. The Bertz CT molecular complexity index is 739. The number of aromatic nitrogens is 1. The summed E-state index contributed by atoms with van der Waals surface area (Å²) in [6.45, 7) is 5.10. The number of hydrogen-bond acceptors (Lipinski definition) is 6. The maximum absolute atomic E-state index is 11.9. The molecule has 0 aliphatic carbocycles. The second-order valence-electron chi connectivity index (χ2n) is 5.32. The molecule has 0 radical (unpaired) electrons. The summed E-state index contributed by atoms with van der Waals surface area (Å²) in [4.78, 5) is 17.5. The van der Waals surface area contributed by atoms with Crippen LogP contribution in [-0.2, 0) is 20.7 Å². The fourth-order valence-corrected chi connectivity index (χ4v) is 3.48. The van der Waals surface area contributed by atoms with Crippen molar-refractivity contribution in [3.8, 4) is 0 Å². The molecule has 1 aromatic heterocycles. The van der Waals surface area contributed by atoms with Crippen molar-refractivity contribution in [3.63, 3.8) is 0 Å². The lowest BCUT2D eigenvalue weighted by molar-refractivity contribution is -0.142. The van der Waals surface area contributed by atoms with Crippen LogP contribution in [0.4, 0.5) is 5.69 Å². The standard InChI is InChI=1S/C17H21N3O3S.ClH/c1-2-23-16(21)12-15-13-24-17(18-14-6-4-3-5-7-14)20(15)19-8-10-22-11-9-19;/h3-7,13H,2,8-12H2,1H3;1H. The summed E-state index contributed by atoms with van der Waals surface area (Å²) in [6, 6.07) is 9.83. The van der Waals surface area contributed by atoms with Gasteiger partial charge in [0.15, 0.2) is 0 Å². The summed E-state index contributed by atoms with van der Waals surface area (Å²) in [5.74, 6) is -0.219. The van der Waals surface area contributed by atoms with Crippen molar-refractivity contribution in [2.75, 3.05) is 37.9 Å². The number of esters is 1. The van der Waals surface area contributed by atoms with Crippen LogP contribution in [0.15, 0.2) is 40.7 Å². The van der Waals surface area contributed by atoms with E-state index in [0.717, 1.165) is 29.3 Å². The van der Waals surface area contributed by atoms with Crippen LogP contribution < -0.4 is 9.81 Å². The molecular formula is C17H22ClN3O3S. The third kappa shape index (κ3) is 5.07. The number of para-hydroxylation sites is 1. The normalized spacial score (nSPS) is 14.9. The highest BCUT2D eigenvalue weighted by molar-refractivity contribution is 7.07. The average molecular weight is 384 g/mol. The molecule has 1 saturated heterocycles. The first kappa shape index (κ1) is 19.5. The lowest BCUT2D eigenvalue weighted by Gasteiger charge is -2.30. The van der Waals surface area contributed by atoms with Crippen LogP contribution in [-0.4, -0.2) is 43.6 Å². The number of morpholine rings is 1. The van der Waals surface area contributed by atoms with Crippen LogP contribution in [0.5, 0.6) is 0 Å². The SMILES string of the molecule is CCOC(=O)Cc1csc(=Nc2ccccc2)n1N1CCOCC1.Cl. The highest BCUT2D eigenvalue weighted by Crippen LogP contribution is 2.12. The molecule has 8 heteroatoms. The monoisotopic (exact) mass is 383 g/mol. The van der Waals surface area contributed by atoms with Gasteiger partial charge in [-0.3, -0.25) is 4.79 Å². The van der Waals surface area contributed by atoms with Crippen LogP contribution in [0.2, 0.25) is 0 Å². The van der Waals surface area contributed by atoms with Gasteiger partial charge in [-0.05, 0) is 19.1 Å². The molecule has 3 rings (SSSR count). The van der Waals surface area contributed by atoms with Crippen LogP contribution in [0, 0.1) is 0 Å². The largest absolute Gasteiger partial charge is 0.466 e. The summed E-state index contributed by atoms with van der Waals surface area (Å²) in [6.07, 6.45) is 0.242. The van der Waals surface area contributed by atoms with Gasteiger partial charge < -0.3 is 14.5 Å². The van der Waals surface area contributed by atoms with Crippen molar-refractivity contribution >= 4 is 35.4 Å². The smallest absolute Gasteiger partial charge is 0.311 e. The van der Waals surface area contributed by atoms with Crippen molar-refractivity contribution < 1.29 is 14.3 Å². The molecular weight excluding hydrogens is 362 g/mol. The molecule has 6 nitrogen and oxygen atoms in total. The van der Waals surface area contributed by atoms with Crippen LogP contribution in [0.3, 0.4) is 0 Å². The lowest BCUT2D eigenvalue weighted by Crippen LogP contribution is -2.48. The number of hydrogen-bond donors (Lipinski definition) is 0. The summed E-state index contributed by atoms with van der Waals surface area (Å²) in [5.41, 5.74) is 1.79. The van der Waals surface area contributed by atoms with Crippen LogP contribution in [0.25, 0.3) is 0 Å². The zero-order valence-corrected chi connectivity index (χ0v) is 15.7. The minimum Gasteiger partial charge on any atom is -0.466 e. The lowest BCUT2D eigenvalue weighted by atomic mass is 10.3. The quantitative estimate of drug-likeness (QED) is 0.743. The Morgan fingerprint density at radius 3 is 2.68 bits per heavy atom. The molecule has 1 aromatic carbocycles. The predicted molar refractivity (Wildman–Crippen MR) is 100 cm³/mol. The van der Waals surface area contributed by atoms with Gasteiger partial charge in [0.05, 0.1) is 50.7 Å². The number of carbonyl (C=O) groups is 1. The minimum atomic E-state index is -0.219. The van der Waals surface area contributed by atoms with E-state index in [-0.39, 0.29) is 24.8 Å². The molecule has 0 unspecified atom stereocenters. The Morgan fingerprint density at radius 1 is 1.28 bits per heavy atom. The predicted octanol–water partition coefficient (Wildman–Crippen LogP) is 2.28. The third-order valence-corrected chi connectivity index (χ3v) is 4.50. The minimum absolute atomic E-state index is 0. The van der Waals surface area contributed by atoms with Gasteiger partial charge in [0, 0.05) is 5.38 Å². The Morgan fingerprint density at radius 2 is 2.00 bits per heavy atom. The Labute approximate surface area is 157 Å². The zero-order valence-electron chi connectivity index (χ0n) is 14.1. The Hall–Kier alpha value is -1.83. The molecule has 0 N–H and O–H groups in total. The molecule has 0 saturated carbocycles. The number of rotatable bonds is 5. The third-order valence-electron chi connectivity index (χ3n) is 3.64. The molecule has 2 aromatic rings. The second-order valence-corrected chi connectivity index (χ2v) is 6.15. The number of thiazole rings is 1. The van der Waals surface area contributed by atoms with Crippen LogP contribution in [0.1, 0.15) is 12.6 Å². The van der Waals surface area contributed by atoms with E-state index >= 15 is 0 Å². The van der Waals surface area contributed by atoms with E-state index in [1.54, 1.807) is 0 Å². The zero-order chi connectivity index (χ0) is 16.8. The van der Waals surface area contributed by atoms with Crippen molar-refractivity contribution in [1.82, 2.24) is 4.68 Å². The first-order valence-electron chi connectivity index (χ1n) is 8.05. The van der Waals surface area contributed by atoms with Crippen molar-refractivity contribution in [1.29, 1.82) is 0 Å². The van der Waals surface area contributed by atoms with Crippen LogP contribution >= 0.6 is 23.7 Å². The maximum atomic E-state index is 11.9. The molecule has 136 valence electrons. The molecule has 2 heterocycles. The highest BCUT2D eigenvalue weighted by Gasteiger charge is 2.18. The van der Waals surface area contributed by atoms with E-state index in [0.29, 0.717) is 19.8 Å². The number of benzene rings is 1. The van der Waals surface area contributed by atoms with Gasteiger partial charge in [0.2, 0.25) is 4.80 Å². The van der Waals surface area contributed by atoms with E-state index in [9.17, 15) is 4.79 Å². The molecule has 0 spiro atoms. The van der Waals surface area contributed by atoms with E-state index in [1.165, 1.54) is 11.3 Å². The average Bonchev–Trinajstić information content (AvgIpc) is 2.99. The first-order chi connectivity index (χ1) is 11.8. The molecule has 0 bridgehead atoms. The van der Waals surface area contributed by atoms with Gasteiger partial charge >= 0.3 is 5.97 Å². The van der Waals surface area contributed by atoms with Gasteiger partial charge in [-0.25, -0.2) is 9.67 Å². The van der Waals surface area contributed by atoms with E-state index in [2.05, 4.69) is 5.01 Å². The van der Waals surface area contributed by atoms with Gasteiger partial charge in [-0.1, -0.05) is 18.2 Å². The van der Waals surface area contributed by atoms with Gasteiger partial charge in [-0.15, -0.1) is 23.7 Å². The van der Waals surface area contributed by atoms with Crippen molar-refractivity contribution in [2.45, 2.75) is 13.3 Å². The molecule has 25 heavy (non-hydrogen) atoms. The number of carbonyl (C=O) groups excluding carboxylic acids is 1. The number of ether oxygens (including phenoxy) is 2. The van der Waals surface area contributed by atoms with E-state index in [1.807, 2.05) is 47.3 Å². The number of nitrogens with zero attached hydrogens (tertiary/aromatic N) is 3. The summed E-state index contributed by atoms with van der Waals surface area (Å²) < 4.78 is 12.6. The Kier molecular flexibility index (Phi) is 7.49. The van der Waals surface area contributed by atoms with Gasteiger partial charge in [-0.2, -0.15) is 0 Å². The number of halogens is 1. The van der Waals surface area contributed by atoms with Crippen molar-refractivity contribution in [3.05, 3.63) is 46.2 Å². The highest BCUT2D eigenvalue weighted by atomic mass is 35.5. The topological polar surface area (TPSA) is 56.1 Å². The molecule has 1 aliphatic heterocycles. The molecule has 0 atom stereocenters. The van der Waals surface area contributed by atoms with Gasteiger partial charge in [0.25, 0.3) is 0 Å². The van der Waals surface area contributed by atoms with E-state index < -0.39 is 0 Å². The fraction of sp³-hybridized carbons (Fsp3) is 0.412. The molecule has 0 amide bonds. The summed E-state index contributed by atoms with van der Waals surface area (Å²) >= 11 is 1.53. The maximum Gasteiger partial charge on any atom is 0.311 e. The fourth-order valence-electron chi connectivity index (χ4n) is 2.56. The van der Waals surface area contributed by atoms with Crippen molar-refractivity contribution in [2.24, 2.45) is 4.99 Å². The van der Waals surface area contributed by atoms with E-state index in [4.69, 9.17) is 14.5 Å². The van der Waals surface area contributed by atoms with Gasteiger partial charge in [0.1, 0.15) is 0 Å². The molecule has 1 fully saturated rings. The first-order valence-corrected chi connectivity index (χ1v) is 8.93. The Balaban J connectivity index is 0.00000225. The summed E-state index contributed by atoms with van der Waals surface area (Å²) in [7, 11) is 0.